The van der Waals surface area contributed by atoms with Gasteiger partial charge in [0, 0.05) is 29.1 Å². The minimum absolute atomic E-state index is 0.120. The fraction of sp³-hybridized carbons (Fsp3) is 0.217. The summed E-state index contributed by atoms with van der Waals surface area (Å²) < 4.78 is 7.34. The molecule has 4 aromatic rings. The lowest BCUT2D eigenvalue weighted by atomic mass is 10.1. The number of aromatic nitrogens is 3. The fourth-order valence-corrected chi connectivity index (χ4v) is 3.83. The average molecular weight is 450 g/mol. The zero-order chi connectivity index (χ0) is 22.7. The third kappa shape index (κ3) is 4.94. The smallest absolute Gasteiger partial charge is 0.258 e. The van der Waals surface area contributed by atoms with Gasteiger partial charge in [-0.15, -0.1) is 16.4 Å². The Morgan fingerprint density at radius 3 is 2.44 bits per heavy atom. The molecule has 32 heavy (non-hydrogen) atoms. The molecule has 0 aliphatic rings. The fourth-order valence-electron chi connectivity index (χ4n) is 3.00. The van der Waals surface area contributed by atoms with Crippen molar-refractivity contribution in [2.75, 3.05) is 17.2 Å². The first-order valence-electron chi connectivity index (χ1n) is 10.2. The minimum Gasteiger partial charge on any atom is -0.493 e. The number of hydrogen-bond acceptors (Lipinski definition) is 6. The molecule has 0 saturated heterocycles. The number of benzene rings is 2. The molecule has 2 N–H and O–H groups in total. The number of nitrogens with one attached hydrogen (secondary N) is 2. The molecule has 0 spiro atoms. The van der Waals surface area contributed by atoms with Crippen LogP contribution in [0.5, 0.6) is 5.75 Å². The van der Waals surface area contributed by atoms with Crippen LogP contribution in [0, 0.1) is 5.92 Å². The first kappa shape index (κ1) is 21.5. The summed E-state index contributed by atoms with van der Waals surface area (Å²) in [6.07, 6.45) is 0. The second-order valence-corrected chi connectivity index (χ2v) is 8.53. The summed E-state index contributed by atoms with van der Waals surface area (Å²) in [6, 6.07) is 14.4. The van der Waals surface area contributed by atoms with Crippen LogP contribution in [0.3, 0.4) is 0 Å². The molecule has 8 nitrogen and oxygen atoms in total. The van der Waals surface area contributed by atoms with E-state index in [-0.39, 0.29) is 17.8 Å². The molecule has 0 saturated carbocycles. The quantitative estimate of drug-likeness (QED) is 0.426. The molecule has 0 unspecified atom stereocenters. The van der Waals surface area contributed by atoms with Gasteiger partial charge in [0.2, 0.25) is 10.9 Å². The molecule has 2 amide bonds. The molecule has 2 heterocycles. The maximum absolute atomic E-state index is 12.6. The number of amides is 2. The molecule has 4 rings (SSSR count). The third-order valence-corrected chi connectivity index (χ3v) is 5.32. The summed E-state index contributed by atoms with van der Waals surface area (Å²) in [5.41, 5.74) is 2.98. The zero-order valence-electron chi connectivity index (χ0n) is 18.0. The highest BCUT2D eigenvalue weighted by Gasteiger charge is 2.14. The van der Waals surface area contributed by atoms with Crippen molar-refractivity contribution in [2.24, 2.45) is 5.92 Å². The Bertz CT molecular complexity index is 1240. The maximum Gasteiger partial charge on any atom is 0.258 e. The van der Waals surface area contributed by atoms with E-state index >= 15 is 0 Å². The van der Waals surface area contributed by atoms with Crippen LogP contribution in [0.1, 0.15) is 31.1 Å². The average Bonchev–Trinajstić information content (AvgIpc) is 3.33. The van der Waals surface area contributed by atoms with E-state index in [1.807, 2.05) is 29.6 Å². The predicted octanol–water partition coefficient (Wildman–Crippen LogP) is 4.70. The number of nitrogens with zero attached hydrogens (tertiary/aromatic N) is 3. The van der Waals surface area contributed by atoms with Crippen LogP contribution in [0.4, 0.5) is 11.6 Å². The van der Waals surface area contributed by atoms with Gasteiger partial charge in [0.25, 0.3) is 11.9 Å². The first-order valence-corrected chi connectivity index (χ1v) is 11.0. The molecule has 0 aliphatic carbocycles. The van der Waals surface area contributed by atoms with Gasteiger partial charge in [-0.1, -0.05) is 26.0 Å². The lowest BCUT2D eigenvalue weighted by Crippen LogP contribution is -2.13. The Morgan fingerprint density at radius 2 is 1.78 bits per heavy atom. The van der Waals surface area contributed by atoms with Gasteiger partial charge in [0.15, 0.2) is 0 Å². The van der Waals surface area contributed by atoms with Crippen LogP contribution in [-0.2, 0) is 4.79 Å². The largest absolute Gasteiger partial charge is 0.493 e. The van der Waals surface area contributed by atoms with Crippen LogP contribution < -0.4 is 15.4 Å². The normalized spacial score (nSPS) is 11.0. The number of ether oxygens (including phenoxy) is 1. The standard InChI is InChI=1S/C23H23N5O3S/c1-14(2)12-31-19-10-6-17(7-11-19)21(30)25-22-26-23-28(27-22)20(13-32-23)16-4-8-18(9-5-16)24-15(3)29/h4-11,13-14H,12H2,1-3H3,(H,24,29)(H,25,27,30). The van der Waals surface area contributed by atoms with Crippen molar-refractivity contribution in [2.45, 2.75) is 20.8 Å². The summed E-state index contributed by atoms with van der Waals surface area (Å²) in [7, 11) is 0. The topological polar surface area (TPSA) is 97.6 Å². The second-order valence-electron chi connectivity index (χ2n) is 7.69. The Hall–Kier alpha value is -3.72. The number of thiazole rings is 1. The van der Waals surface area contributed by atoms with Crippen molar-refractivity contribution in [3.8, 4) is 17.0 Å². The molecule has 0 bridgehead atoms. The number of carbonyl (C=O) groups is 2. The van der Waals surface area contributed by atoms with Crippen molar-refractivity contribution < 1.29 is 14.3 Å². The molecule has 0 atom stereocenters. The third-order valence-electron chi connectivity index (χ3n) is 4.51. The number of fused-ring (bicyclic) bond motifs is 1. The molecular formula is C23H23N5O3S. The summed E-state index contributed by atoms with van der Waals surface area (Å²) in [5.74, 6) is 0.979. The number of rotatable bonds is 7. The van der Waals surface area contributed by atoms with E-state index in [1.165, 1.54) is 18.3 Å². The SMILES string of the molecule is CC(=O)Nc1ccc(-c2csc3nc(NC(=O)c4ccc(OCC(C)C)cc4)nn23)cc1. The Labute approximate surface area is 189 Å². The Morgan fingerprint density at radius 1 is 1.06 bits per heavy atom. The number of anilines is 2. The van der Waals surface area contributed by atoms with Gasteiger partial charge >= 0.3 is 0 Å². The summed E-state index contributed by atoms with van der Waals surface area (Å²) >= 11 is 1.43. The van der Waals surface area contributed by atoms with Gasteiger partial charge in [-0.25, -0.2) is 4.52 Å². The summed E-state index contributed by atoms with van der Waals surface area (Å²) in [5, 5.41) is 11.9. The molecule has 2 aromatic carbocycles. The molecule has 0 aliphatic heterocycles. The first-order chi connectivity index (χ1) is 15.4. The summed E-state index contributed by atoms with van der Waals surface area (Å²) in [6.45, 7) is 6.25. The van der Waals surface area contributed by atoms with E-state index < -0.39 is 0 Å². The van der Waals surface area contributed by atoms with Crippen molar-refractivity contribution in [3.63, 3.8) is 0 Å². The molecular weight excluding hydrogens is 426 g/mol. The van der Waals surface area contributed by atoms with Gasteiger partial charge < -0.3 is 10.1 Å². The van der Waals surface area contributed by atoms with Crippen LogP contribution in [0.2, 0.25) is 0 Å². The van der Waals surface area contributed by atoms with Crippen molar-refractivity contribution in [1.29, 1.82) is 0 Å². The molecule has 164 valence electrons. The van der Waals surface area contributed by atoms with E-state index in [2.05, 4.69) is 34.6 Å². The van der Waals surface area contributed by atoms with E-state index in [9.17, 15) is 9.59 Å². The van der Waals surface area contributed by atoms with Gasteiger partial charge in [-0.05, 0) is 42.3 Å². The predicted molar refractivity (Wildman–Crippen MR) is 125 cm³/mol. The zero-order valence-corrected chi connectivity index (χ0v) is 18.8. The molecule has 0 radical (unpaired) electrons. The highest BCUT2D eigenvalue weighted by molar-refractivity contribution is 7.15. The highest BCUT2D eigenvalue weighted by atomic mass is 32.1. The maximum atomic E-state index is 12.6. The van der Waals surface area contributed by atoms with Crippen molar-refractivity contribution in [1.82, 2.24) is 14.6 Å². The van der Waals surface area contributed by atoms with E-state index in [0.29, 0.717) is 23.0 Å². The monoisotopic (exact) mass is 449 g/mol. The van der Waals surface area contributed by atoms with E-state index in [0.717, 1.165) is 22.7 Å². The van der Waals surface area contributed by atoms with Crippen molar-refractivity contribution in [3.05, 3.63) is 59.5 Å². The Balaban J connectivity index is 1.47. The van der Waals surface area contributed by atoms with Crippen LogP contribution in [0.15, 0.2) is 53.9 Å². The van der Waals surface area contributed by atoms with Gasteiger partial charge in [-0.2, -0.15) is 4.98 Å². The van der Waals surface area contributed by atoms with Gasteiger partial charge in [-0.3, -0.25) is 14.9 Å². The van der Waals surface area contributed by atoms with Crippen LogP contribution >= 0.6 is 11.3 Å². The lowest BCUT2D eigenvalue weighted by Gasteiger charge is -2.09. The van der Waals surface area contributed by atoms with Gasteiger partial charge in [0.05, 0.1) is 12.3 Å². The molecule has 2 aromatic heterocycles. The summed E-state index contributed by atoms with van der Waals surface area (Å²) in [4.78, 5) is 28.9. The lowest BCUT2D eigenvalue weighted by molar-refractivity contribution is -0.114. The number of hydrogen-bond donors (Lipinski definition) is 2. The second kappa shape index (κ2) is 9.19. The van der Waals surface area contributed by atoms with Crippen molar-refractivity contribution >= 4 is 39.7 Å². The molecule has 0 fully saturated rings. The van der Waals surface area contributed by atoms with E-state index in [4.69, 9.17) is 4.74 Å². The van der Waals surface area contributed by atoms with Crippen LogP contribution in [-0.4, -0.2) is 33.0 Å². The highest BCUT2D eigenvalue weighted by Crippen LogP contribution is 2.27. The number of carbonyl (C=O) groups excluding carboxylic acids is 2. The Kier molecular flexibility index (Phi) is 6.18. The minimum atomic E-state index is -0.292. The van der Waals surface area contributed by atoms with Gasteiger partial charge in [0.1, 0.15) is 5.75 Å². The van der Waals surface area contributed by atoms with Crippen LogP contribution in [0.25, 0.3) is 16.2 Å². The van der Waals surface area contributed by atoms with E-state index in [1.54, 1.807) is 28.8 Å². The molecule has 9 heteroatoms.